The Morgan fingerprint density at radius 1 is 1.42 bits per heavy atom. The standard InChI is InChI=1S/C16H20N4O4/c1-9-6-11(15(23)19-9)7-12(13(21)16(24)17-2)20-14(22)10-4-3-5-18-8-10/h3-5,8-9,11-12H,6-7H2,1-2H3,(H,17,24)(H,19,23)(H,20,22)/t9-,11+,12+/m1/s1. The first-order chi connectivity index (χ1) is 11.4. The van der Waals surface area contributed by atoms with E-state index in [1.54, 1.807) is 12.1 Å². The Morgan fingerprint density at radius 3 is 2.71 bits per heavy atom. The molecule has 1 aliphatic heterocycles. The summed E-state index contributed by atoms with van der Waals surface area (Å²) in [5.41, 5.74) is 0.274. The van der Waals surface area contributed by atoms with Gasteiger partial charge in [-0.2, -0.15) is 0 Å². The van der Waals surface area contributed by atoms with Crippen molar-refractivity contribution >= 4 is 23.5 Å². The normalized spacial score (nSPS) is 20.8. The summed E-state index contributed by atoms with van der Waals surface area (Å²) in [6, 6.07) is 2.08. The fourth-order valence-electron chi connectivity index (χ4n) is 2.69. The molecule has 0 unspecified atom stereocenters. The van der Waals surface area contributed by atoms with Crippen LogP contribution in [0, 0.1) is 5.92 Å². The summed E-state index contributed by atoms with van der Waals surface area (Å²) in [4.78, 5) is 51.9. The molecular weight excluding hydrogens is 312 g/mol. The minimum Gasteiger partial charge on any atom is -0.353 e. The predicted octanol–water partition coefficient (Wildman–Crippen LogP) is -0.590. The van der Waals surface area contributed by atoms with Gasteiger partial charge in [0.15, 0.2) is 0 Å². The van der Waals surface area contributed by atoms with Gasteiger partial charge < -0.3 is 16.0 Å². The summed E-state index contributed by atoms with van der Waals surface area (Å²) in [5, 5.41) is 7.56. The first-order valence-electron chi connectivity index (χ1n) is 7.69. The quantitative estimate of drug-likeness (QED) is 0.602. The van der Waals surface area contributed by atoms with E-state index in [2.05, 4.69) is 20.9 Å². The second-order valence-electron chi connectivity index (χ2n) is 5.79. The fraction of sp³-hybridized carbons (Fsp3) is 0.438. The maximum Gasteiger partial charge on any atom is 0.289 e. The molecule has 1 saturated heterocycles. The topological polar surface area (TPSA) is 117 Å². The first-order valence-corrected chi connectivity index (χ1v) is 7.69. The molecule has 0 radical (unpaired) electrons. The first kappa shape index (κ1) is 17.6. The molecule has 1 aliphatic rings. The molecule has 1 aromatic heterocycles. The number of aromatic nitrogens is 1. The van der Waals surface area contributed by atoms with Crippen LogP contribution in [0.25, 0.3) is 0 Å². The molecule has 3 atom stereocenters. The molecule has 0 bridgehead atoms. The Morgan fingerprint density at radius 2 is 2.17 bits per heavy atom. The molecule has 0 aliphatic carbocycles. The van der Waals surface area contributed by atoms with Crippen molar-refractivity contribution in [1.82, 2.24) is 20.9 Å². The Balaban J connectivity index is 2.13. The average Bonchev–Trinajstić information content (AvgIpc) is 2.90. The number of rotatable bonds is 6. The molecule has 8 nitrogen and oxygen atoms in total. The summed E-state index contributed by atoms with van der Waals surface area (Å²) < 4.78 is 0. The van der Waals surface area contributed by atoms with Crippen LogP contribution in [0.15, 0.2) is 24.5 Å². The summed E-state index contributed by atoms with van der Waals surface area (Å²) in [6.07, 6.45) is 3.52. The van der Waals surface area contributed by atoms with Gasteiger partial charge in [0.1, 0.15) is 0 Å². The van der Waals surface area contributed by atoms with Crippen molar-refractivity contribution < 1.29 is 19.2 Å². The van der Waals surface area contributed by atoms with E-state index in [-0.39, 0.29) is 23.9 Å². The number of nitrogens with zero attached hydrogens (tertiary/aromatic N) is 1. The van der Waals surface area contributed by atoms with Gasteiger partial charge in [-0.3, -0.25) is 24.2 Å². The van der Waals surface area contributed by atoms with Gasteiger partial charge in [0.2, 0.25) is 11.7 Å². The SMILES string of the molecule is CNC(=O)C(=O)[C@H](C[C@@H]1C[C@@H](C)NC1=O)NC(=O)c1cccnc1. The van der Waals surface area contributed by atoms with E-state index in [0.29, 0.717) is 6.42 Å². The Hall–Kier alpha value is -2.77. The largest absolute Gasteiger partial charge is 0.353 e. The second-order valence-corrected chi connectivity index (χ2v) is 5.79. The van der Waals surface area contributed by atoms with Crippen LogP contribution in [0.5, 0.6) is 0 Å². The molecule has 2 heterocycles. The Bertz CT molecular complexity index is 647. The number of likely N-dealkylation sites (N-methyl/N-ethyl adjacent to an activating group) is 1. The molecule has 24 heavy (non-hydrogen) atoms. The third kappa shape index (κ3) is 4.15. The van der Waals surface area contributed by atoms with Crippen molar-refractivity contribution in [1.29, 1.82) is 0 Å². The van der Waals surface area contributed by atoms with Crippen LogP contribution < -0.4 is 16.0 Å². The lowest BCUT2D eigenvalue weighted by Crippen LogP contribution is -2.48. The van der Waals surface area contributed by atoms with Gasteiger partial charge in [-0.1, -0.05) is 0 Å². The highest BCUT2D eigenvalue weighted by atomic mass is 16.2. The van der Waals surface area contributed by atoms with E-state index >= 15 is 0 Å². The van der Waals surface area contributed by atoms with Crippen LogP contribution in [-0.4, -0.2) is 47.6 Å². The summed E-state index contributed by atoms with van der Waals surface area (Å²) in [7, 11) is 1.34. The molecule has 0 saturated carbocycles. The smallest absolute Gasteiger partial charge is 0.289 e. The maximum atomic E-state index is 12.3. The number of hydrogen-bond acceptors (Lipinski definition) is 5. The molecule has 3 amide bonds. The molecule has 3 N–H and O–H groups in total. The summed E-state index contributed by atoms with van der Waals surface area (Å²) >= 11 is 0. The summed E-state index contributed by atoms with van der Waals surface area (Å²) in [5.74, 6) is -2.70. The third-order valence-electron chi connectivity index (χ3n) is 3.91. The lowest BCUT2D eigenvalue weighted by molar-refractivity contribution is -0.139. The van der Waals surface area contributed by atoms with Crippen LogP contribution in [0.3, 0.4) is 0 Å². The molecule has 128 valence electrons. The van der Waals surface area contributed by atoms with Crippen LogP contribution in [0.1, 0.15) is 30.1 Å². The Labute approximate surface area is 139 Å². The molecule has 2 rings (SSSR count). The average molecular weight is 332 g/mol. The minimum absolute atomic E-state index is 0.00674. The second kappa shape index (κ2) is 7.67. The molecule has 1 fully saturated rings. The number of carbonyl (C=O) groups excluding carboxylic acids is 4. The molecular formula is C16H20N4O4. The zero-order valence-electron chi connectivity index (χ0n) is 13.5. The monoisotopic (exact) mass is 332 g/mol. The highest BCUT2D eigenvalue weighted by molar-refractivity contribution is 6.38. The van der Waals surface area contributed by atoms with Crippen molar-refractivity contribution in [2.75, 3.05) is 7.05 Å². The van der Waals surface area contributed by atoms with Gasteiger partial charge >= 0.3 is 0 Å². The van der Waals surface area contributed by atoms with Crippen LogP contribution in [0.4, 0.5) is 0 Å². The number of hydrogen-bond donors (Lipinski definition) is 3. The number of amides is 3. The van der Waals surface area contributed by atoms with E-state index in [4.69, 9.17) is 0 Å². The van der Waals surface area contributed by atoms with Gasteiger partial charge in [-0.25, -0.2) is 0 Å². The zero-order valence-corrected chi connectivity index (χ0v) is 13.5. The van der Waals surface area contributed by atoms with E-state index in [0.717, 1.165) is 0 Å². The van der Waals surface area contributed by atoms with Crippen LogP contribution in [0.2, 0.25) is 0 Å². The lowest BCUT2D eigenvalue weighted by atomic mass is 9.94. The molecule has 8 heteroatoms. The number of Topliss-reactive ketones (excluding diaryl/α,β-unsaturated/α-hetero) is 1. The summed E-state index contributed by atoms with van der Waals surface area (Å²) in [6.45, 7) is 1.86. The third-order valence-corrected chi connectivity index (χ3v) is 3.91. The van der Waals surface area contributed by atoms with Gasteiger partial charge in [0.25, 0.3) is 11.8 Å². The number of carbonyl (C=O) groups is 4. The van der Waals surface area contributed by atoms with Crippen molar-refractivity contribution in [2.45, 2.75) is 31.8 Å². The predicted molar refractivity (Wildman–Crippen MR) is 84.9 cm³/mol. The minimum atomic E-state index is -1.07. The van der Waals surface area contributed by atoms with E-state index in [1.165, 1.54) is 19.4 Å². The van der Waals surface area contributed by atoms with Gasteiger partial charge in [0, 0.05) is 31.4 Å². The van der Waals surface area contributed by atoms with Crippen LogP contribution >= 0.6 is 0 Å². The number of nitrogens with one attached hydrogen (secondary N) is 3. The zero-order chi connectivity index (χ0) is 17.7. The lowest BCUT2D eigenvalue weighted by Gasteiger charge is -2.19. The van der Waals surface area contributed by atoms with Gasteiger partial charge in [0.05, 0.1) is 11.6 Å². The van der Waals surface area contributed by atoms with Crippen molar-refractivity contribution in [3.8, 4) is 0 Å². The highest BCUT2D eigenvalue weighted by Crippen LogP contribution is 2.21. The van der Waals surface area contributed by atoms with Gasteiger partial charge in [-0.05, 0) is 31.9 Å². The van der Waals surface area contributed by atoms with Crippen LogP contribution in [-0.2, 0) is 14.4 Å². The van der Waals surface area contributed by atoms with E-state index in [9.17, 15) is 19.2 Å². The van der Waals surface area contributed by atoms with Crippen molar-refractivity contribution in [2.24, 2.45) is 5.92 Å². The number of ketones is 1. The number of pyridine rings is 1. The molecule has 1 aromatic rings. The van der Waals surface area contributed by atoms with Gasteiger partial charge in [-0.15, -0.1) is 0 Å². The van der Waals surface area contributed by atoms with Crippen molar-refractivity contribution in [3.05, 3.63) is 30.1 Å². The van der Waals surface area contributed by atoms with E-state index < -0.39 is 29.6 Å². The molecule has 0 spiro atoms. The highest BCUT2D eigenvalue weighted by Gasteiger charge is 2.36. The maximum absolute atomic E-state index is 12.3. The van der Waals surface area contributed by atoms with Crippen molar-refractivity contribution in [3.63, 3.8) is 0 Å². The fourth-order valence-corrected chi connectivity index (χ4v) is 2.69. The Kier molecular flexibility index (Phi) is 5.62. The molecule has 0 aromatic carbocycles. The van der Waals surface area contributed by atoms with E-state index in [1.807, 2.05) is 6.92 Å².